The minimum Gasteiger partial charge on any atom is -0.300 e. The Kier molecular flexibility index (Phi) is 2.43. The summed E-state index contributed by atoms with van der Waals surface area (Å²) in [5, 5.41) is 2.31. The van der Waals surface area contributed by atoms with Crippen molar-refractivity contribution in [3.63, 3.8) is 0 Å². The summed E-state index contributed by atoms with van der Waals surface area (Å²) in [7, 11) is 0. The SMILES string of the molecule is O=C1C(=O)N2Cc3ccc4ccccc4c3-c3cc(Br)cc1c32. The molecule has 23 heavy (non-hydrogen) atoms. The molecule has 2 aliphatic rings. The molecule has 2 aliphatic heterocycles. The Morgan fingerprint density at radius 1 is 0.957 bits per heavy atom. The second-order valence-electron chi connectivity index (χ2n) is 5.89. The number of hydrogen-bond donors (Lipinski definition) is 0. The molecule has 5 rings (SSSR count). The van der Waals surface area contributed by atoms with Crippen LogP contribution in [0.3, 0.4) is 0 Å². The fourth-order valence-corrected chi connectivity index (χ4v) is 4.14. The molecular formula is C19H10BrNO2. The standard InChI is InChI=1S/C19H10BrNO2/c20-12-7-14-16-11(6-5-10-3-1-2-4-13(10)16)9-21-17(14)15(8-12)18(22)19(21)23/h1-8H,9H2. The normalized spacial score (nSPS) is 15.1. The van der Waals surface area contributed by atoms with E-state index in [-0.39, 0.29) is 0 Å². The highest BCUT2D eigenvalue weighted by atomic mass is 79.9. The molecule has 110 valence electrons. The van der Waals surface area contributed by atoms with Crippen molar-refractivity contribution in [2.24, 2.45) is 0 Å². The van der Waals surface area contributed by atoms with Crippen molar-refractivity contribution in [3.8, 4) is 11.1 Å². The van der Waals surface area contributed by atoms with Crippen LogP contribution in [0, 0.1) is 0 Å². The third-order valence-corrected chi connectivity index (χ3v) is 5.10. The van der Waals surface area contributed by atoms with Crippen LogP contribution in [0.15, 0.2) is 53.0 Å². The number of amides is 1. The summed E-state index contributed by atoms with van der Waals surface area (Å²) in [6.07, 6.45) is 0. The molecule has 0 spiro atoms. The molecule has 3 aromatic carbocycles. The largest absolute Gasteiger partial charge is 0.300 e. The number of nitrogens with zero attached hydrogens (tertiary/aromatic N) is 1. The number of halogens is 1. The highest BCUT2D eigenvalue weighted by Gasteiger charge is 2.41. The molecule has 4 heteroatoms. The number of carbonyl (C=O) groups is 2. The van der Waals surface area contributed by atoms with E-state index in [2.05, 4.69) is 40.2 Å². The highest BCUT2D eigenvalue weighted by molar-refractivity contribution is 9.10. The van der Waals surface area contributed by atoms with Gasteiger partial charge in [0.1, 0.15) is 0 Å². The summed E-state index contributed by atoms with van der Waals surface area (Å²) in [6, 6.07) is 16.1. The third-order valence-electron chi connectivity index (χ3n) is 4.64. The molecule has 2 heterocycles. The van der Waals surface area contributed by atoms with Gasteiger partial charge in [0.15, 0.2) is 0 Å². The molecule has 1 amide bonds. The zero-order chi connectivity index (χ0) is 15.7. The number of rotatable bonds is 0. The Morgan fingerprint density at radius 2 is 1.74 bits per heavy atom. The first-order chi connectivity index (χ1) is 11.1. The van der Waals surface area contributed by atoms with Crippen molar-refractivity contribution in [2.45, 2.75) is 6.54 Å². The summed E-state index contributed by atoms with van der Waals surface area (Å²) < 4.78 is 0.815. The van der Waals surface area contributed by atoms with Crippen LogP contribution in [-0.4, -0.2) is 11.7 Å². The van der Waals surface area contributed by atoms with Gasteiger partial charge >= 0.3 is 0 Å². The molecule has 0 saturated carbocycles. The van der Waals surface area contributed by atoms with Crippen LogP contribution in [0.25, 0.3) is 21.9 Å². The Balaban J connectivity index is 1.96. The fraction of sp³-hybridized carbons (Fsp3) is 0.0526. The van der Waals surface area contributed by atoms with Crippen LogP contribution >= 0.6 is 15.9 Å². The first-order valence-electron chi connectivity index (χ1n) is 7.36. The van der Waals surface area contributed by atoms with Crippen LogP contribution < -0.4 is 4.90 Å². The fourth-order valence-electron chi connectivity index (χ4n) is 3.68. The van der Waals surface area contributed by atoms with Gasteiger partial charge in [0.05, 0.1) is 17.8 Å². The van der Waals surface area contributed by atoms with Crippen molar-refractivity contribution >= 4 is 44.1 Å². The highest BCUT2D eigenvalue weighted by Crippen LogP contribution is 2.48. The average molecular weight is 364 g/mol. The predicted octanol–water partition coefficient (Wildman–Crippen LogP) is 4.31. The molecule has 3 aromatic rings. The molecule has 0 unspecified atom stereocenters. The summed E-state index contributed by atoms with van der Waals surface area (Å²) in [4.78, 5) is 26.2. The van der Waals surface area contributed by atoms with Crippen molar-refractivity contribution in [2.75, 3.05) is 4.90 Å². The van der Waals surface area contributed by atoms with Gasteiger partial charge in [-0.2, -0.15) is 0 Å². The van der Waals surface area contributed by atoms with Crippen molar-refractivity contribution in [1.29, 1.82) is 0 Å². The molecule has 0 fully saturated rings. The van der Waals surface area contributed by atoms with Gasteiger partial charge in [-0.3, -0.25) is 14.5 Å². The minimum atomic E-state index is -0.432. The first kappa shape index (κ1) is 13.0. The van der Waals surface area contributed by atoms with E-state index >= 15 is 0 Å². The summed E-state index contributed by atoms with van der Waals surface area (Å²) >= 11 is 3.48. The van der Waals surface area contributed by atoms with Gasteiger partial charge in [-0.05, 0) is 34.0 Å². The molecular weight excluding hydrogens is 354 g/mol. The maximum atomic E-state index is 12.3. The van der Waals surface area contributed by atoms with Crippen molar-refractivity contribution < 1.29 is 9.59 Å². The van der Waals surface area contributed by atoms with Crippen molar-refractivity contribution in [1.82, 2.24) is 0 Å². The molecule has 3 nitrogen and oxygen atoms in total. The summed E-state index contributed by atoms with van der Waals surface area (Å²) in [5.74, 6) is -0.849. The number of hydrogen-bond acceptors (Lipinski definition) is 2. The monoisotopic (exact) mass is 363 g/mol. The number of fused-ring (bicyclic) bond motifs is 4. The number of Topliss-reactive ketones (excluding diaryl/α,β-unsaturated/α-hetero) is 1. The second kappa shape index (κ2) is 4.30. The lowest BCUT2D eigenvalue weighted by Crippen LogP contribution is -2.31. The van der Waals surface area contributed by atoms with Crippen LogP contribution in [0.1, 0.15) is 15.9 Å². The zero-order valence-corrected chi connectivity index (χ0v) is 13.6. The van der Waals surface area contributed by atoms with E-state index in [1.165, 1.54) is 0 Å². The van der Waals surface area contributed by atoms with Gasteiger partial charge in [-0.1, -0.05) is 52.3 Å². The average Bonchev–Trinajstić information content (AvgIpc) is 2.80. The maximum absolute atomic E-state index is 12.3. The van der Waals surface area contributed by atoms with Crippen LogP contribution in [-0.2, 0) is 11.3 Å². The Morgan fingerprint density at radius 3 is 2.61 bits per heavy atom. The Bertz CT molecular complexity index is 1050. The Labute approximate surface area is 140 Å². The number of carbonyl (C=O) groups excluding carboxylic acids is 2. The van der Waals surface area contributed by atoms with E-state index in [1.807, 2.05) is 18.2 Å². The van der Waals surface area contributed by atoms with E-state index < -0.39 is 11.7 Å². The lowest BCUT2D eigenvalue weighted by atomic mass is 9.88. The van der Waals surface area contributed by atoms with Gasteiger partial charge in [-0.25, -0.2) is 0 Å². The maximum Gasteiger partial charge on any atom is 0.299 e. The van der Waals surface area contributed by atoms with Crippen LogP contribution in [0.4, 0.5) is 5.69 Å². The topological polar surface area (TPSA) is 37.4 Å². The summed E-state index contributed by atoms with van der Waals surface area (Å²) in [5.41, 5.74) is 4.40. The van der Waals surface area contributed by atoms with Crippen LogP contribution in [0.2, 0.25) is 0 Å². The van der Waals surface area contributed by atoms with Gasteiger partial charge in [-0.15, -0.1) is 0 Å². The smallest absolute Gasteiger partial charge is 0.299 e. The molecule has 0 aliphatic carbocycles. The first-order valence-corrected chi connectivity index (χ1v) is 8.15. The van der Waals surface area contributed by atoms with E-state index in [9.17, 15) is 9.59 Å². The molecule has 0 radical (unpaired) electrons. The molecule has 0 atom stereocenters. The van der Waals surface area contributed by atoms with Gasteiger partial charge in [0, 0.05) is 10.0 Å². The van der Waals surface area contributed by atoms with Gasteiger partial charge in [0.25, 0.3) is 11.7 Å². The van der Waals surface area contributed by atoms with Gasteiger partial charge < -0.3 is 0 Å². The molecule has 0 saturated heterocycles. The summed E-state index contributed by atoms with van der Waals surface area (Å²) in [6.45, 7) is 0.451. The molecule has 0 N–H and O–H groups in total. The number of ketones is 1. The zero-order valence-electron chi connectivity index (χ0n) is 12.0. The van der Waals surface area contributed by atoms with E-state index in [0.717, 1.165) is 37.6 Å². The van der Waals surface area contributed by atoms with Crippen LogP contribution in [0.5, 0.6) is 0 Å². The molecule has 0 bridgehead atoms. The number of benzene rings is 3. The minimum absolute atomic E-state index is 0.417. The van der Waals surface area contributed by atoms with E-state index in [1.54, 1.807) is 11.0 Å². The second-order valence-corrected chi connectivity index (χ2v) is 6.81. The van der Waals surface area contributed by atoms with E-state index in [4.69, 9.17) is 0 Å². The van der Waals surface area contributed by atoms with Gasteiger partial charge in [0.2, 0.25) is 0 Å². The quantitative estimate of drug-likeness (QED) is 0.558. The molecule has 0 aromatic heterocycles. The lowest BCUT2D eigenvalue weighted by molar-refractivity contribution is -0.114. The lowest BCUT2D eigenvalue weighted by Gasteiger charge is -2.28. The number of anilines is 1. The third kappa shape index (κ3) is 1.59. The van der Waals surface area contributed by atoms with E-state index in [0.29, 0.717) is 12.1 Å². The Hall–Kier alpha value is -2.46. The predicted molar refractivity (Wildman–Crippen MR) is 92.6 cm³/mol. The van der Waals surface area contributed by atoms with Crippen molar-refractivity contribution in [3.05, 3.63) is 64.1 Å².